The standard InChI is InChI=1S/C10H12N2O4S/c13-9(12-5-8-11-3-4-17-8)6-1-2-7(16-6)10(14)15/h3-4,6-7H,1-2,5H2,(H,12,13)(H,14,15). The maximum absolute atomic E-state index is 11.7. The van der Waals surface area contributed by atoms with E-state index in [0.29, 0.717) is 19.4 Å². The first-order valence-electron chi connectivity index (χ1n) is 5.21. The van der Waals surface area contributed by atoms with Crippen LogP contribution < -0.4 is 5.32 Å². The number of nitrogens with zero attached hydrogens (tertiary/aromatic N) is 1. The SMILES string of the molecule is O=C(O)C1CCC(C(=O)NCc2nccs2)O1. The lowest BCUT2D eigenvalue weighted by molar-refractivity contribution is -0.151. The van der Waals surface area contributed by atoms with E-state index in [9.17, 15) is 9.59 Å². The summed E-state index contributed by atoms with van der Waals surface area (Å²) in [6.07, 6.45) is 0.978. The zero-order chi connectivity index (χ0) is 12.3. The first-order valence-corrected chi connectivity index (χ1v) is 6.09. The number of carbonyl (C=O) groups excluding carboxylic acids is 1. The van der Waals surface area contributed by atoms with Gasteiger partial charge in [-0.25, -0.2) is 9.78 Å². The van der Waals surface area contributed by atoms with Gasteiger partial charge < -0.3 is 15.2 Å². The summed E-state index contributed by atoms with van der Waals surface area (Å²) in [5.74, 6) is -1.29. The zero-order valence-electron chi connectivity index (χ0n) is 8.96. The number of aromatic nitrogens is 1. The average molecular weight is 256 g/mol. The van der Waals surface area contributed by atoms with E-state index in [0.717, 1.165) is 5.01 Å². The van der Waals surface area contributed by atoms with Crippen LogP contribution in [0.5, 0.6) is 0 Å². The molecule has 2 atom stereocenters. The molecule has 1 aliphatic rings. The Bertz CT molecular complexity index is 406. The third kappa shape index (κ3) is 3.01. The van der Waals surface area contributed by atoms with Crippen LogP contribution in [0.3, 0.4) is 0 Å². The maximum Gasteiger partial charge on any atom is 0.332 e. The molecule has 2 rings (SSSR count). The molecule has 1 aromatic heterocycles. The fraction of sp³-hybridized carbons (Fsp3) is 0.500. The molecule has 0 saturated carbocycles. The van der Waals surface area contributed by atoms with Crippen molar-refractivity contribution in [3.63, 3.8) is 0 Å². The molecule has 2 heterocycles. The first-order chi connectivity index (χ1) is 8.16. The van der Waals surface area contributed by atoms with E-state index in [-0.39, 0.29) is 5.91 Å². The van der Waals surface area contributed by atoms with E-state index >= 15 is 0 Å². The van der Waals surface area contributed by atoms with Gasteiger partial charge in [0.05, 0.1) is 6.54 Å². The molecule has 1 fully saturated rings. The summed E-state index contributed by atoms with van der Waals surface area (Å²) in [6.45, 7) is 0.355. The van der Waals surface area contributed by atoms with Gasteiger partial charge in [0.2, 0.25) is 5.91 Å². The van der Waals surface area contributed by atoms with E-state index in [1.807, 2.05) is 5.38 Å². The Kier molecular flexibility index (Phi) is 3.70. The third-order valence-corrected chi connectivity index (χ3v) is 3.26. The highest BCUT2D eigenvalue weighted by molar-refractivity contribution is 7.09. The van der Waals surface area contributed by atoms with Crippen LogP contribution in [0.25, 0.3) is 0 Å². The normalized spacial score (nSPS) is 23.5. The molecule has 0 aliphatic carbocycles. The number of ether oxygens (including phenoxy) is 1. The van der Waals surface area contributed by atoms with Gasteiger partial charge in [0.25, 0.3) is 0 Å². The summed E-state index contributed by atoms with van der Waals surface area (Å²) < 4.78 is 5.13. The molecule has 1 saturated heterocycles. The fourth-order valence-corrected chi connectivity index (χ4v) is 2.18. The Hall–Kier alpha value is -1.47. The summed E-state index contributed by atoms with van der Waals surface area (Å²) >= 11 is 1.45. The van der Waals surface area contributed by atoms with Crippen LogP contribution in [-0.4, -0.2) is 34.2 Å². The van der Waals surface area contributed by atoms with Gasteiger partial charge in [-0.15, -0.1) is 11.3 Å². The average Bonchev–Trinajstić information content (AvgIpc) is 2.96. The fourth-order valence-electron chi connectivity index (χ4n) is 1.63. The number of nitrogens with one attached hydrogen (secondary N) is 1. The van der Waals surface area contributed by atoms with Crippen molar-refractivity contribution in [2.75, 3.05) is 0 Å². The topological polar surface area (TPSA) is 88.5 Å². The van der Waals surface area contributed by atoms with Crippen molar-refractivity contribution in [2.45, 2.75) is 31.6 Å². The second-order valence-corrected chi connectivity index (χ2v) is 4.65. The van der Waals surface area contributed by atoms with Crippen molar-refractivity contribution in [3.8, 4) is 0 Å². The summed E-state index contributed by atoms with van der Waals surface area (Å²) in [4.78, 5) is 26.3. The van der Waals surface area contributed by atoms with Crippen LogP contribution in [-0.2, 0) is 20.9 Å². The molecule has 0 bridgehead atoms. The predicted molar refractivity (Wildman–Crippen MR) is 59.5 cm³/mol. The van der Waals surface area contributed by atoms with Crippen molar-refractivity contribution in [1.82, 2.24) is 10.3 Å². The Labute approximate surface area is 102 Å². The van der Waals surface area contributed by atoms with Gasteiger partial charge in [-0.05, 0) is 12.8 Å². The largest absolute Gasteiger partial charge is 0.479 e. The van der Waals surface area contributed by atoms with Gasteiger partial charge in [0, 0.05) is 11.6 Å². The van der Waals surface area contributed by atoms with Gasteiger partial charge >= 0.3 is 5.97 Å². The Morgan fingerprint density at radius 2 is 2.29 bits per heavy atom. The lowest BCUT2D eigenvalue weighted by atomic mass is 10.2. The number of carbonyl (C=O) groups is 2. The van der Waals surface area contributed by atoms with Crippen LogP contribution in [0.15, 0.2) is 11.6 Å². The highest BCUT2D eigenvalue weighted by atomic mass is 32.1. The maximum atomic E-state index is 11.7. The lowest BCUT2D eigenvalue weighted by Gasteiger charge is -2.10. The van der Waals surface area contributed by atoms with Crippen molar-refractivity contribution < 1.29 is 19.4 Å². The highest BCUT2D eigenvalue weighted by Gasteiger charge is 2.34. The van der Waals surface area contributed by atoms with Crippen LogP contribution >= 0.6 is 11.3 Å². The number of carboxylic acid groups (broad SMARTS) is 1. The summed E-state index contributed by atoms with van der Waals surface area (Å²) in [6, 6.07) is 0. The summed E-state index contributed by atoms with van der Waals surface area (Å²) in [5, 5.41) is 14.0. The third-order valence-electron chi connectivity index (χ3n) is 2.48. The number of rotatable bonds is 4. The molecule has 7 heteroatoms. The molecule has 17 heavy (non-hydrogen) atoms. The van der Waals surface area contributed by atoms with Crippen molar-refractivity contribution in [1.29, 1.82) is 0 Å². The molecule has 92 valence electrons. The minimum atomic E-state index is -1.01. The second-order valence-electron chi connectivity index (χ2n) is 3.67. The molecule has 1 aliphatic heterocycles. The molecular formula is C10H12N2O4S. The monoisotopic (exact) mass is 256 g/mol. The van der Waals surface area contributed by atoms with Crippen molar-refractivity contribution in [2.24, 2.45) is 0 Å². The molecule has 2 unspecified atom stereocenters. The minimum Gasteiger partial charge on any atom is -0.479 e. The minimum absolute atomic E-state index is 0.274. The van der Waals surface area contributed by atoms with Crippen LogP contribution in [0, 0.1) is 0 Å². The molecular weight excluding hydrogens is 244 g/mol. The number of amides is 1. The van der Waals surface area contributed by atoms with Gasteiger partial charge in [0.1, 0.15) is 11.1 Å². The first kappa shape index (κ1) is 12.0. The number of hydrogen-bond donors (Lipinski definition) is 2. The molecule has 6 nitrogen and oxygen atoms in total. The van der Waals surface area contributed by atoms with E-state index in [1.165, 1.54) is 11.3 Å². The van der Waals surface area contributed by atoms with Crippen molar-refractivity contribution in [3.05, 3.63) is 16.6 Å². The molecule has 0 spiro atoms. The van der Waals surface area contributed by atoms with Crippen LogP contribution in [0.4, 0.5) is 0 Å². The van der Waals surface area contributed by atoms with Gasteiger partial charge in [-0.3, -0.25) is 4.79 Å². The Morgan fingerprint density at radius 1 is 1.53 bits per heavy atom. The number of aliphatic carboxylic acids is 1. The van der Waals surface area contributed by atoms with E-state index < -0.39 is 18.2 Å². The van der Waals surface area contributed by atoms with Crippen molar-refractivity contribution >= 4 is 23.2 Å². The Balaban J connectivity index is 1.79. The summed E-state index contributed by atoms with van der Waals surface area (Å²) in [7, 11) is 0. The lowest BCUT2D eigenvalue weighted by Crippen LogP contribution is -2.35. The van der Waals surface area contributed by atoms with Gasteiger partial charge in [-0.2, -0.15) is 0 Å². The van der Waals surface area contributed by atoms with Crippen LogP contribution in [0.1, 0.15) is 17.8 Å². The van der Waals surface area contributed by atoms with Gasteiger partial charge in [0.15, 0.2) is 6.10 Å². The van der Waals surface area contributed by atoms with E-state index in [4.69, 9.17) is 9.84 Å². The highest BCUT2D eigenvalue weighted by Crippen LogP contribution is 2.20. The zero-order valence-corrected chi connectivity index (χ0v) is 9.77. The van der Waals surface area contributed by atoms with E-state index in [1.54, 1.807) is 6.20 Å². The second kappa shape index (κ2) is 5.24. The van der Waals surface area contributed by atoms with Crippen LogP contribution in [0.2, 0.25) is 0 Å². The number of hydrogen-bond acceptors (Lipinski definition) is 5. The number of thiazole rings is 1. The summed E-state index contributed by atoms with van der Waals surface area (Å²) in [5.41, 5.74) is 0. The molecule has 0 radical (unpaired) electrons. The molecule has 0 aromatic carbocycles. The predicted octanol–water partition coefficient (Wildman–Crippen LogP) is 0.392. The molecule has 2 N–H and O–H groups in total. The molecule has 1 amide bonds. The number of carboxylic acids is 1. The smallest absolute Gasteiger partial charge is 0.332 e. The van der Waals surface area contributed by atoms with Gasteiger partial charge in [-0.1, -0.05) is 0 Å². The quantitative estimate of drug-likeness (QED) is 0.813. The van der Waals surface area contributed by atoms with E-state index in [2.05, 4.69) is 10.3 Å². The molecule has 1 aromatic rings. The Morgan fingerprint density at radius 3 is 2.88 bits per heavy atom.